The molecule has 0 saturated carbocycles. The van der Waals surface area contributed by atoms with Crippen LogP contribution in [0.3, 0.4) is 0 Å². The van der Waals surface area contributed by atoms with Crippen LogP contribution >= 0.6 is 0 Å². The molecule has 1 aliphatic heterocycles. The van der Waals surface area contributed by atoms with Crippen molar-refractivity contribution in [1.82, 2.24) is 0 Å². The number of ether oxygens (including phenoxy) is 2. The highest BCUT2D eigenvalue weighted by atomic mass is 16.5. The van der Waals surface area contributed by atoms with E-state index in [1.807, 2.05) is 0 Å². The van der Waals surface area contributed by atoms with Crippen LogP contribution in [0.15, 0.2) is 23.8 Å². The predicted molar refractivity (Wildman–Crippen MR) is 111 cm³/mol. The Kier molecular flexibility index (Phi) is 5.93. The van der Waals surface area contributed by atoms with Gasteiger partial charge in [0.15, 0.2) is 0 Å². The van der Waals surface area contributed by atoms with Gasteiger partial charge in [0.2, 0.25) is 0 Å². The molecule has 0 radical (unpaired) electrons. The molecule has 29 heavy (non-hydrogen) atoms. The first-order valence-electron chi connectivity index (χ1n) is 12.5. The molecule has 0 aromatic carbocycles. The van der Waals surface area contributed by atoms with E-state index in [1.165, 1.54) is 0 Å². The first-order valence-corrected chi connectivity index (χ1v) is 11.0. The summed E-state index contributed by atoms with van der Waals surface area (Å²) in [5.41, 5.74) is 1.13. The molecule has 5 nitrogen and oxygen atoms in total. The highest BCUT2D eigenvalue weighted by Crippen LogP contribution is 2.45. The lowest BCUT2D eigenvalue weighted by Gasteiger charge is -2.43. The summed E-state index contributed by atoms with van der Waals surface area (Å²) in [4.78, 5) is 24.5. The number of carbonyl (C=O) groups excluding carboxylic acids is 2. The van der Waals surface area contributed by atoms with Gasteiger partial charge in [-0.25, -0.2) is 0 Å². The second-order valence-electron chi connectivity index (χ2n) is 9.01. The fourth-order valence-corrected chi connectivity index (χ4v) is 5.04. The monoisotopic (exact) mass is 408 g/mol. The van der Waals surface area contributed by atoms with Crippen LogP contribution in [0.4, 0.5) is 0 Å². The van der Waals surface area contributed by atoms with Gasteiger partial charge in [0.1, 0.15) is 12.2 Å². The minimum absolute atomic E-state index is 0.0199. The van der Waals surface area contributed by atoms with Gasteiger partial charge in [-0.15, -0.1) is 0 Å². The molecule has 2 aliphatic carbocycles. The smallest absolute Gasteiger partial charge is 0.308 e. The van der Waals surface area contributed by atoms with Gasteiger partial charge in [0.05, 0.1) is 18.4 Å². The molecule has 0 aromatic rings. The van der Waals surface area contributed by atoms with E-state index in [9.17, 15) is 14.7 Å². The fourth-order valence-electron chi connectivity index (χ4n) is 5.04. The molecule has 0 bridgehead atoms. The maximum Gasteiger partial charge on any atom is 0.308 e. The molecule has 1 heterocycles. The molecule has 0 amide bonds. The molecule has 5 heteroatoms. The van der Waals surface area contributed by atoms with Gasteiger partial charge in [0, 0.05) is 16.5 Å². The normalized spacial score (nSPS) is 39.9. The van der Waals surface area contributed by atoms with Crippen LogP contribution in [-0.2, 0) is 19.1 Å². The van der Waals surface area contributed by atoms with Crippen molar-refractivity contribution in [2.75, 3.05) is 0 Å². The molecule has 3 rings (SSSR count). The number of cyclic esters (lactones) is 1. The average Bonchev–Trinajstić information content (AvgIpc) is 2.66. The lowest BCUT2D eigenvalue weighted by molar-refractivity contribution is -0.162. The molecule has 0 unspecified atom stereocenters. The van der Waals surface area contributed by atoms with Gasteiger partial charge in [-0.1, -0.05) is 45.9 Å². The van der Waals surface area contributed by atoms with Crippen molar-refractivity contribution < 1.29 is 28.3 Å². The molecule has 1 saturated heterocycles. The summed E-state index contributed by atoms with van der Waals surface area (Å²) in [6.45, 7) is 3.53. The van der Waals surface area contributed by atoms with Crippen LogP contribution in [0.1, 0.15) is 70.3 Å². The van der Waals surface area contributed by atoms with E-state index in [0.717, 1.165) is 12.0 Å². The third-order valence-corrected chi connectivity index (χ3v) is 6.61. The van der Waals surface area contributed by atoms with Crippen molar-refractivity contribution in [2.24, 2.45) is 29.6 Å². The van der Waals surface area contributed by atoms with E-state index < -0.39 is 24.8 Å². The van der Waals surface area contributed by atoms with Crippen molar-refractivity contribution in [3.8, 4) is 0 Å². The topological polar surface area (TPSA) is 72.8 Å². The maximum atomic E-state index is 12.8. The van der Waals surface area contributed by atoms with Crippen LogP contribution in [0.25, 0.3) is 0 Å². The third-order valence-electron chi connectivity index (χ3n) is 6.61. The van der Waals surface area contributed by atoms with Crippen molar-refractivity contribution >= 4 is 11.9 Å². The number of aliphatic hydroxyl groups excluding tert-OH is 1. The Morgan fingerprint density at radius 2 is 2.17 bits per heavy atom. The second kappa shape index (κ2) is 9.46. The van der Waals surface area contributed by atoms with Crippen LogP contribution in [0, 0.1) is 29.6 Å². The Hall–Kier alpha value is -1.62. The molecule has 0 spiro atoms. The molecular formula is C24H36O5. The van der Waals surface area contributed by atoms with Gasteiger partial charge in [0.25, 0.3) is 0 Å². The Bertz CT molecular complexity index is 759. The Balaban J connectivity index is 1.77. The largest absolute Gasteiger partial charge is 0.462 e. The summed E-state index contributed by atoms with van der Waals surface area (Å²) >= 11 is 0. The zero-order valence-corrected chi connectivity index (χ0v) is 17.7. The lowest BCUT2D eigenvalue weighted by atomic mass is 9.65. The quantitative estimate of drug-likeness (QED) is 0.527. The van der Waals surface area contributed by atoms with Crippen LogP contribution in [0.5, 0.6) is 0 Å². The third kappa shape index (κ3) is 5.30. The Labute approximate surface area is 178 Å². The number of fused-ring (bicyclic) bond motifs is 1. The first-order chi connectivity index (χ1) is 15.0. The van der Waals surface area contributed by atoms with E-state index in [1.54, 1.807) is 6.92 Å². The lowest BCUT2D eigenvalue weighted by Crippen LogP contribution is -2.42. The average molecular weight is 409 g/mol. The summed E-state index contributed by atoms with van der Waals surface area (Å²) in [7, 11) is 0. The minimum atomic E-state index is -2.38. The van der Waals surface area contributed by atoms with E-state index in [-0.39, 0.29) is 54.7 Å². The SMILES string of the molecule is [2H][13C]([2H])([2H])[C@@H](CC)C(=O)O[C@H]1C[C@@H](C)C=C2C=C[C@H](C)[C@H](CC[C@@H]3C[C@@H](O)CC(=O)O3)[C@H]21. The van der Waals surface area contributed by atoms with Crippen molar-refractivity contribution in [2.45, 2.75) is 84.5 Å². The molecule has 0 aromatic heterocycles. The number of carbonyl (C=O) groups is 2. The van der Waals surface area contributed by atoms with Crippen molar-refractivity contribution in [1.29, 1.82) is 0 Å². The van der Waals surface area contributed by atoms with Crippen LogP contribution in [0.2, 0.25) is 0 Å². The summed E-state index contributed by atoms with van der Waals surface area (Å²) in [6, 6.07) is 0. The molecule has 8 atom stereocenters. The van der Waals surface area contributed by atoms with E-state index in [2.05, 4.69) is 32.1 Å². The summed E-state index contributed by atoms with van der Waals surface area (Å²) < 4.78 is 34.4. The Morgan fingerprint density at radius 1 is 1.38 bits per heavy atom. The van der Waals surface area contributed by atoms with E-state index in [0.29, 0.717) is 19.3 Å². The Morgan fingerprint density at radius 3 is 2.86 bits per heavy atom. The first kappa shape index (κ1) is 18.2. The summed E-state index contributed by atoms with van der Waals surface area (Å²) in [5, 5.41) is 9.91. The predicted octanol–water partition coefficient (Wildman–Crippen LogP) is 4.20. The van der Waals surface area contributed by atoms with Gasteiger partial charge in [-0.2, -0.15) is 0 Å². The molecule has 162 valence electrons. The standard InChI is InChI=1S/C24H36O5/c1-5-15(3)24(27)29-21-11-14(2)10-17-7-6-16(4)20(23(17)21)9-8-19-12-18(25)13-22(26)28-19/h6-7,10,14-16,18-21,23,25H,5,8-9,11-13H2,1-4H3/t14-,15-,16-,18+,19+,20-,21-,23-/m0/s1/i3+1D3. The molecular weight excluding hydrogens is 369 g/mol. The number of rotatable bonds is 6. The number of hydrogen-bond donors (Lipinski definition) is 1. The van der Waals surface area contributed by atoms with Gasteiger partial charge in [-0.3, -0.25) is 9.59 Å². The van der Waals surface area contributed by atoms with Gasteiger partial charge < -0.3 is 14.6 Å². The zero-order chi connectivity index (χ0) is 23.6. The van der Waals surface area contributed by atoms with Gasteiger partial charge >= 0.3 is 11.9 Å². The fraction of sp³-hybridized carbons (Fsp3) is 0.750. The van der Waals surface area contributed by atoms with E-state index >= 15 is 0 Å². The van der Waals surface area contributed by atoms with Crippen molar-refractivity contribution in [3.05, 3.63) is 23.8 Å². The van der Waals surface area contributed by atoms with Crippen molar-refractivity contribution in [3.63, 3.8) is 0 Å². The molecule has 3 aliphatic rings. The highest BCUT2D eigenvalue weighted by molar-refractivity contribution is 5.72. The number of allylic oxidation sites excluding steroid dienone is 3. The second-order valence-corrected chi connectivity index (χ2v) is 9.01. The molecule has 1 N–H and O–H groups in total. The van der Waals surface area contributed by atoms with E-state index in [4.69, 9.17) is 13.6 Å². The number of aliphatic hydroxyl groups is 1. The minimum Gasteiger partial charge on any atom is -0.462 e. The zero-order valence-electron chi connectivity index (χ0n) is 20.7. The summed E-state index contributed by atoms with van der Waals surface area (Å²) in [6.07, 6.45) is 7.91. The highest BCUT2D eigenvalue weighted by Gasteiger charge is 2.42. The molecule has 1 fully saturated rings. The maximum absolute atomic E-state index is 12.8. The van der Waals surface area contributed by atoms with Crippen LogP contribution in [-0.4, -0.2) is 35.4 Å². The number of esters is 2. The van der Waals surface area contributed by atoms with Gasteiger partial charge in [-0.05, 0) is 49.0 Å². The number of hydrogen-bond acceptors (Lipinski definition) is 5. The summed E-state index contributed by atoms with van der Waals surface area (Å²) in [5.74, 6) is -1.52. The van der Waals surface area contributed by atoms with Crippen LogP contribution < -0.4 is 0 Å².